The van der Waals surface area contributed by atoms with Crippen molar-refractivity contribution in [3.8, 4) is 0 Å². The summed E-state index contributed by atoms with van der Waals surface area (Å²) in [5, 5.41) is 2.88. The predicted molar refractivity (Wildman–Crippen MR) is 73.5 cm³/mol. The molecule has 0 atom stereocenters. The maximum atomic E-state index is 12.0. The quantitative estimate of drug-likeness (QED) is 0.941. The van der Waals surface area contributed by atoms with E-state index >= 15 is 0 Å². The summed E-state index contributed by atoms with van der Waals surface area (Å²) in [6.07, 6.45) is 0. The van der Waals surface area contributed by atoms with Gasteiger partial charge in [0.15, 0.2) is 0 Å². The van der Waals surface area contributed by atoms with Gasteiger partial charge in [0, 0.05) is 11.0 Å². The van der Waals surface area contributed by atoms with Gasteiger partial charge in [-0.15, -0.1) is 0 Å². The predicted octanol–water partition coefficient (Wildman–Crippen LogP) is 3.59. The summed E-state index contributed by atoms with van der Waals surface area (Å²) in [7, 11) is 0. The Hall–Kier alpha value is -1.55. The lowest BCUT2D eigenvalue weighted by atomic mass is 10.2. The lowest BCUT2D eigenvalue weighted by Gasteiger charge is -2.04. The highest BCUT2D eigenvalue weighted by Crippen LogP contribution is 2.14. The third-order valence-corrected chi connectivity index (χ3v) is 3.12. The second kappa shape index (κ2) is 5.40. The van der Waals surface area contributed by atoms with Gasteiger partial charge in [0.25, 0.3) is 5.91 Å². The number of carbonyl (C=O) groups is 1. The van der Waals surface area contributed by atoms with Crippen molar-refractivity contribution in [2.75, 3.05) is 0 Å². The molecule has 0 radical (unpaired) electrons. The zero-order chi connectivity index (χ0) is 13.1. The summed E-state index contributed by atoms with van der Waals surface area (Å²) < 4.78 is 6.34. The van der Waals surface area contributed by atoms with Crippen LogP contribution in [-0.4, -0.2) is 5.91 Å². The molecule has 1 N–H and O–H groups in total. The van der Waals surface area contributed by atoms with E-state index in [0.29, 0.717) is 17.9 Å². The van der Waals surface area contributed by atoms with Crippen molar-refractivity contribution in [3.05, 3.63) is 57.5 Å². The number of hydrogen-bond donors (Lipinski definition) is 1. The fourth-order valence-corrected chi connectivity index (χ4v) is 2.23. The number of aryl methyl sites for hydroxylation is 2. The van der Waals surface area contributed by atoms with Crippen molar-refractivity contribution in [1.29, 1.82) is 0 Å². The van der Waals surface area contributed by atoms with Crippen LogP contribution in [0.1, 0.15) is 27.4 Å². The lowest BCUT2D eigenvalue weighted by Crippen LogP contribution is -2.22. The van der Waals surface area contributed by atoms with Crippen molar-refractivity contribution < 1.29 is 9.21 Å². The maximum Gasteiger partial charge on any atom is 0.255 e. The smallest absolute Gasteiger partial charge is 0.255 e. The van der Waals surface area contributed by atoms with Crippen LogP contribution in [0.25, 0.3) is 0 Å². The van der Waals surface area contributed by atoms with E-state index in [2.05, 4.69) is 21.2 Å². The summed E-state index contributed by atoms with van der Waals surface area (Å²) in [6.45, 7) is 4.13. The summed E-state index contributed by atoms with van der Waals surface area (Å²) in [4.78, 5) is 12.0. The third kappa shape index (κ3) is 3.01. The van der Waals surface area contributed by atoms with Gasteiger partial charge in [-0.1, -0.05) is 28.1 Å². The van der Waals surface area contributed by atoms with Crippen LogP contribution in [0.3, 0.4) is 0 Å². The fourth-order valence-electron chi connectivity index (χ4n) is 1.78. The van der Waals surface area contributed by atoms with Gasteiger partial charge >= 0.3 is 0 Å². The Bertz CT molecular complexity index is 575. The molecular weight excluding hydrogens is 294 g/mol. The molecule has 0 spiro atoms. The first-order valence-electron chi connectivity index (χ1n) is 5.66. The highest BCUT2D eigenvalue weighted by atomic mass is 79.9. The van der Waals surface area contributed by atoms with Crippen molar-refractivity contribution in [3.63, 3.8) is 0 Å². The van der Waals surface area contributed by atoms with E-state index in [4.69, 9.17) is 4.42 Å². The molecule has 0 fully saturated rings. The SMILES string of the molecule is Cc1cc(C(=O)NCc2cccc(Br)c2)c(C)o1. The average molecular weight is 308 g/mol. The number of furan rings is 1. The number of carbonyl (C=O) groups excluding carboxylic acids is 1. The van der Waals surface area contributed by atoms with Crippen LogP contribution >= 0.6 is 15.9 Å². The van der Waals surface area contributed by atoms with Crippen LogP contribution < -0.4 is 5.32 Å². The van der Waals surface area contributed by atoms with E-state index in [1.165, 1.54) is 0 Å². The molecule has 0 saturated carbocycles. The number of amides is 1. The number of nitrogens with one attached hydrogen (secondary N) is 1. The van der Waals surface area contributed by atoms with Crippen LogP contribution in [0.4, 0.5) is 0 Å². The molecular formula is C14H14BrNO2. The van der Waals surface area contributed by atoms with Gasteiger partial charge in [0.1, 0.15) is 11.5 Å². The summed E-state index contributed by atoms with van der Waals surface area (Å²) >= 11 is 3.40. The van der Waals surface area contributed by atoms with E-state index in [9.17, 15) is 4.79 Å². The van der Waals surface area contributed by atoms with Crippen LogP contribution in [0.15, 0.2) is 39.2 Å². The van der Waals surface area contributed by atoms with E-state index < -0.39 is 0 Å². The van der Waals surface area contributed by atoms with Gasteiger partial charge < -0.3 is 9.73 Å². The van der Waals surface area contributed by atoms with E-state index in [-0.39, 0.29) is 5.91 Å². The molecule has 94 valence electrons. The zero-order valence-electron chi connectivity index (χ0n) is 10.3. The molecule has 3 nitrogen and oxygen atoms in total. The topological polar surface area (TPSA) is 42.2 Å². The Morgan fingerprint density at radius 2 is 2.11 bits per heavy atom. The standard InChI is InChI=1S/C14H14BrNO2/c1-9-6-13(10(2)18-9)14(17)16-8-11-4-3-5-12(15)7-11/h3-7H,8H2,1-2H3,(H,16,17). The molecule has 0 aliphatic rings. The second-order valence-corrected chi connectivity index (χ2v) is 5.06. The molecule has 0 saturated heterocycles. The minimum absolute atomic E-state index is 0.107. The fraction of sp³-hybridized carbons (Fsp3) is 0.214. The molecule has 1 aromatic heterocycles. The molecule has 2 rings (SSSR count). The molecule has 1 heterocycles. The normalized spacial score (nSPS) is 10.4. The first-order chi connectivity index (χ1) is 8.56. The van der Waals surface area contributed by atoms with E-state index in [1.54, 1.807) is 13.0 Å². The molecule has 1 aromatic carbocycles. The van der Waals surface area contributed by atoms with E-state index in [1.807, 2.05) is 31.2 Å². The number of rotatable bonds is 3. The maximum absolute atomic E-state index is 12.0. The minimum atomic E-state index is -0.107. The summed E-state index contributed by atoms with van der Waals surface area (Å²) in [5.41, 5.74) is 1.65. The van der Waals surface area contributed by atoms with Crippen molar-refractivity contribution >= 4 is 21.8 Å². The van der Waals surface area contributed by atoms with Gasteiger partial charge in [-0.05, 0) is 37.6 Å². The second-order valence-electron chi connectivity index (χ2n) is 4.14. The molecule has 1 amide bonds. The molecule has 0 bridgehead atoms. The molecule has 0 unspecified atom stereocenters. The van der Waals surface area contributed by atoms with Crippen LogP contribution in [0, 0.1) is 13.8 Å². The largest absolute Gasteiger partial charge is 0.466 e. The Morgan fingerprint density at radius 1 is 1.33 bits per heavy atom. The lowest BCUT2D eigenvalue weighted by molar-refractivity contribution is 0.0949. The monoisotopic (exact) mass is 307 g/mol. The summed E-state index contributed by atoms with van der Waals surface area (Å²) in [6, 6.07) is 9.60. The first-order valence-corrected chi connectivity index (χ1v) is 6.45. The van der Waals surface area contributed by atoms with Crippen molar-refractivity contribution in [2.24, 2.45) is 0 Å². The first kappa shape index (κ1) is 12.9. The van der Waals surface area contributed by atoms with Gasteiger partial charge in [-0.3, -0.25) is 4.79 Å². The van der Waals surface area contributed by atoms with Gasteiger partial charge in [-0.25, -0.2) is 0 Å². The zero-order valence-corrected chi connectivity index (χ0v) is 11.9. The van der Waals surface area contributed by atoms with Crippen molar-refractivity contribution in [2.45, 2.75) is 20.4 Å². The molecule has 2 aromatic rings. The Labute approximate surface area is 114 Å². The average Bonchev–Trinajstić information content (AvgIpc) is 2.66. The highest BCUT2D eigenvalue weighted by Gasteiger charge is 2.12. The molecule has 18 heavy (non-hydrogen) atoms. The molecule has 0 aliphatic heterocycles. The molecule has 4 heteroatoms. The third-order valence-electron chi connectivity index (χ3n) is 2.63. The van der Waals surface area contributed by atoms with Gasteiger partial charge in [-0.2, -0.15) is 0 Å². The van der Waals surface area contributed by atoms with Crippen LogP contribution in [0.2, 0.25) is 0 Å². The molecule has 0 aliphatic carbocycles. The van der Waals surface area contributed by atoms with Crippen LogP contribution in [0.5, 0.6) is 0 Å². The van der Waals surface area contributed by atoms with E-state index in [0.717, 1.165) is 15.8 Å². The minimum Gasteiger partial charge on any atom is -0.466 e. The van der Waals surface area contributed by atoms with Gasteiger partial charge in [0.05, 0.1) is 5.56 Å². The number of halogens is 1. The number of benzene rings is 1. The van der Waals surface area contributed by atoms with Crippen LogP contribution in [-0.2, 0) is 6.54 Å². The Kier molecular flexibility index (Phi) is 3.87. The van der Waals surface area contributed by atoms with Crippen molar-refractivity contribution in [1.82, 2.24) is 5.32 Å². The van der Waals surface area contributed by atoms with Gasteiger partial charge in [0.2, 0.25) is 0 Å². The summed E-state index contributed by atoms with van der Waals surface area (Å²) in [5.74, 6) is 1.30. The Morgan fingerprint density at radius 3 is 2.72 bits per heavy atom. The Balaban J connectivity index is 2.03. The highest BCUT2D eigenvalue weighted by molar-refractivity contribution is 9.10. The number of hydrogen-bond acceptors (Lipinski definition) is 2.